The van der Waals surface area contributed by atoms with Crippen LogP contribution in [0.4, 0.5) is 0 Å². The lowest BCUT2D eigenvalue weighted by Gasteiger charge is -2.08. The van der Waals surface area contributed by atoms with E-state index in [-0.39, 0.29) is 0 Å². The molecule has 0 amide bonds. The van der Waals surface area contributed by atoms with Crippen LogP contribution in [0.1, 0.15) is 58.4 Å². The number of rotatable bonds is 12. The maximum Gasteiger partial charge on any atom is 0.119 e. The molecule has 0 aliphatic heterocycles. The molecule has 0 spiro atoms. The van der Waals surface area contributed by atoms with Gasteiger partial charge in [-0.15, -0.1) is 0 Å². The van der Waals surface area contributed by atoms with Gasteiger partial charge in [-0.1, -0.05) is 52.2 Å². The maximum atomic E-state index is 5.78. The Morgan fingerprint density at radius 2 is 1.71 bits per heavy atom. The van der Waals surface area contributed by atoms with Gasteiger partial charge in [0.05, 0.1) is 6.61 Å². The lowest BCUT2D eigenvalue weighted by molar-refractivity contribution is 0.304. The Labute approximate surface area is 131 Å². The molecule has 0 aromatic heterocycles. The van der Waals surface area contributed by atoms with E-state index in [2.05, 4.69) is 50.4 Å². The Kier molecular flexibility index (Phi) is 9.98. The van der Waals surface area contributed by atoms with E-state index in [0.717, 1.165) is 44.2 Å². The van der Waals surface area contributed by atoms with E-state index in [1.165, 1.54) is 31.2 Å². The molecule has 0 aliphatic rings. The molecule has 21 heavy (non-hydrogen) atoms. The third kappa shape index (κ3) is 9.52. The van der Waals surface area contributed by atoms with Crippen LogP contribution in [-0.4, -0.2) is 19.7 Å². The van der Waals surface area contributed by atoms with Crippen LogP contribution >= 0.6 is 0 Å². The largest absolute Gasteiger partial charge is 0.494 e. The van der Waals surface area contributed by atoms with Crippen LogP contribution in [0, 0.1) is 5.92 Å². The van der Waals surface area contributed by atoms with Crippen molar-refractivity contribution in [1.82, 2.24) is 5.32 Å². The predicted octanol–water partition coefficient (Wildman–Crippen LogP) is 4.82. The molecule has 0 bridgehead atoms. The maximum absolute atomic E-state index is 5.78. The average molecular weight is 291 g/mol. The van der Waals surface area contributed by atoms with Crippen molar-refractivity contribution in [2.24, 2.45) is 5.92 Å². The number of aryl methyl sites for hydroxylation is 1. The van der Waals surface area contributed by atoms with Crippen molar-refractivity contribution in [1.29, 1.82) is 0 Å². The van der Waals surface area contributed by atoms with E-state index in [9.17, 15) is 0 Å². The summed E-state index contributed by atoms with van der Waals surface area (Å²) in [6.45, 7) is 9.84. The molecule has 2 nitrogen and oxygen atoms in total. The zero-order valence-corrected chi connectivity index (χ0v) is 14.2. The lowest BCUT2D eigenvalue weighted by Crippen LogP contribution is -2.20. The molecule has 1 rings (SSSR count). The molecule has 0 atom stereocenters. The molecule has 1 aromatic carbocycles. The van der Waals surface area contributed by atoms with Crippen molar-refractivity contribution in [2.45, 2.75) is 59.3 Å². The van der Waals surface area contributed by atoms with Crippen LogP contribution in [0.3, 0.4) is 0 Å². The first kappa shape index (κ1) is 18.0. The number of hydrogen-bond acceptors (Lipinski definition) is 2. The van der Waals surface area contributed by atoms with Crippen LogP contribution < -0.4 is 10.1 Å². The summed E-state index contributed by atoms with van der Waals surface area (Å²) in [4.78, 5) is 0. The molecule has 2 heteroatoms. The molecule has 120 valence electrons. The first-order valence-electron chi connectivity index (χ1n) is 8.64. The average Bonchev–Trinajstić information content (AvgIpc) is 2.47. The summed E-state index contributed by atoms with van der Waals surface area (Å²) >= 11 is 0. The van der Waals surface area contributed by atoms with Crippen molar-refractivity contribution in [3.63, 3.8) is 0 Å². The minimum Gasteiger partial charge on any atom is -0.494 e. The summed E-state index contributed by atoms with van der Waals surface area (Å²) in [6, 6.07) is 8.56. The van der Waals surface area contributed by atoms with E-state index in [1.807, 2.05) is 0 Å². The van der Waals surface area contributed by atoms with Crippen molar-refractivity contribution in [3.8, 4) is 5.75 Å². The molecule has 0 heterocycles. The predicted molar refractivity (Wildman–Crippen MR) is 92.1 cm³/mol. The molecule has 0 aliphatic carbocycles. The summed E-state index contributed by atoms with van der Waals surface area (Å²) in [7, 11) is 0. The highest BCUT2D eigenvalue weighted by Gasteiger charge is 1.96. The highest BCUT2D eigenvalue weighted by Crippen LogP contribution is 2.14. The second kappa shape index (κ2) is 11.6. The zero-order valence-electron chi connectivity index (χ0n) is 14.2. The summed E-state index contributed by atoms with van der Waals surface area (Å²) in [5, 5.41) is 3.49. The Hall–Kier alpha value is -1.02. The van der Waals surface area contributed by atoms with E-state index in [1.54, 1.807) is 0 Å². The minimum atomic E-state index is 0.752. The molecule has 0 unspecified atom stereocenters. The monoisotopic (exact) mass is 291 g/mol. The summed E-state index contributed by atoms with van der Waals surface area (Å²) in [6.07, 6.45) is 7.35. The highest BCUT2D eigenvalue weighted by atomic mass is 16.5. The van der Waals surface area contributed by atoms with Crippen molar-refractivity contribution in [2.75, 3.05) is 19.7 Å². The van der Waals surface area contributed by atoms with Crippen molar-refractivity contribution in [3.05, 3.63) is 29.8 Å². The van der Waals surface area contributed by atoms with Gasteiger partial charge in [-0.05, 0) is 56.0 Å². The van der Waals surface area contributed by atoms with Crippen LogP contribution in [0.5, 0.6) is 5.75 Å². The molecule has 0 fully saturated rings. The summed E-state index contributed by atoms with van der Waals surface area (Å²) in [5.74, 6) is 1.76. The summed E-state index contributed by atoms with van der Waals surface area (Å²) < 4.78 is 5.78. The van der Waals surface area contributed by atoms with Crippen LogP contribution in [-0.2, 0) is 6.42 Å². The Morgan fingerprint density at radius 1 is 1.00 bits per heavy atom. The van der Waals surface area contributed by atoms with E-state index < -0.39 is 0 Å². The van der Waals surface area contributed by atoms with Gasteiger partial charge in [0.2, 0.25) is 0 Å². The molecule has 1 aromatic rings. The first-order valence-corrected chi connectivity index (χ1v) is 8.64. The fourth-order valence-corrected chi connectivity index (χ4v) is 2.33. The fraction of sp³-hybridized carbons (Fsp3) is 0.684. The van der Waals surface area contributed by atoms with E-state index in [4.69, 9.17) is 4.74 Å². The molecular weight excluding hydrogens is 258 g/mol. The third-order valence-corrected chi connectivity index (χ3v) is 3.53. The normalized spacial score (nSPS) is 11.0. The van der Waals surface area contributed by atoms with Gasteiger partial charge < -0.3 is 10.1 Å². The third-order valence-electron chi connectivity index (χ3n) is 3.53. The second-order valence-electron chi connectivity index (χ2n) is 6.25. The standard InChI is InChI=1S/C19H33NO/c1-4-9-18-10-12-19(13-11-18)21-15-8-6-5-7-14-20-16-17(2)3/h10-13,17,20H,4-9,14-16H2,1-3H3. The van der Waals surface area contributed by atoms with Gasteiger partial charge in [0.1, 0.15) is 5.75 Å². The molecule has 0 radical (unpaired) electrons. The molecule has 1 N–H and O–H groups in total. The lowest BCUT2D eigenvalue weighted by atomic mass is 10.1. The van der Waals surface area contributed by atoms with Gasteiger partial charge in [-0.3, -0.25) is 0 Å². The van der Waals surface area contributed by atoms with Gasteiger partial charge >= 0.3 is 0 Å². The van der Waals surface area contributed by atoms with Gasteiger partial charge in [-0.2, -0.15) is 0 Å². The zero-order chi connectivity index (χ0) is 15.3. The van der Waals surface area contributed by atoms with Gasteiger partial charge in [0, 0.05) is 0 Å². The van der Waals surface area contributed by atoms with Gasteiger partial charge in [-0.25, -0.2) is 0 Å². The van der Waals surface area contributed by atoms with Crippen LogP contribution in [0.2, 0.25) is 0 Å². The van der Waals surface area contributed by atoms with Gasteiger partial charge in [0.15, 0.2) is 0 Å². The Morgan fingerprint density at radius 3 is 2.38 bits per heavy atom. The molecule has 0 saturated heterocycles. The number of nitrogens with one attached hydrogen (secondary N) is 1. The number of unbranched alkanes of at least 4 members (excludes halogenated alkanes) is 3. The first-order chi connectivity index (χ1) is 10.2. The van der Waals surface area contributed by atoms with E-state index in [0.29, 0.717) is 0 Å². The Balaban J connectivity index is 1.96. The van der Waals surface area contributed by atoms with Gasteiger partial charge in [0.25, 0.3) is 0 Å². The SMILES string of the molecule is CCCc1ccc(OCCCCCCNCC(C)C)cc1. The van der Waals surface area contributed by atoms with Crippen molar-refractivity contribution < 1.29 is 4.74 Å². The summed E-state index contributed by atoms with van der Waals surface area (Å²) in [5.41, 5.74) is 1.40. The number of ether oxygens (including phenoxy) is 1. The Bertz CT molecular complexity index is 345. The minimum absolute atomic E-state index is 0.752. The second-order valence-corrected chi connectivity index (χ2v) is 6.25. The quantitative estimate of drug-likeness (QED) is 0.557. The molecule has 0 saturated carbocycles. The number of benzene rings is 1. The topological polar surface area (TPSA) is 21.3 Å². The smallest absolute Gasteiger partial charge is 0.119 e. The van der Waals surface area contributed by atoms with Crippen LogP contribution in [0.25, 0.3) is 0 Å². The van der Waals surface area contributed by atoms with E-state index >= 15 is 0 Å². The van der Waals surface area contributed by atoms with Crippen LogP contribution in [0.15, 0.2) is 24.3 Å². The fourth-order valence-electron chi connectivity index (χ4n) is 2.33. The molecular formula is C19H33NO. The highest BCUT2D eigenvalue weighted by molar-refractivity contribution is 5.27. The number of hydrogen-bond donors (Lipinski definition) is 1. The van der Waals surface area contributed by atoms with Crippen molar-refractivity contribution >= 4 is 0 Å².